The molecule has 1 fully saturated rings. The van der Waals surface area contributed by atoms with Crippen LogP contribution in [0.2, 0.25) is 0 Å². The van der Waals surface area contributed by atoms with Crippen LogP contribution in [0.15, 0.2) is 24.5 Å². The van der Waals surface area contributed by atoms with Gasteiger partial charge in [-0.1, -0.05) is 6.07 Å². The summed E-state index contributed by atoms with van der Waals surface area (Å²) in [6.45, 7) is 0. The highest BCUT2D eigenvalue weighted by atomic mass is 35.5. The van der Waals surface area contributed by atoms with E-state index in [1.807, 2.05) is 0 Å². The van der Waals surface area contributed by atoms with Gasteiger partial charge in [0, 0.05) is 42.6 Å². The van der Waals surface area contributed by atoms with E-state index in [-0.39, 0.29) is 30.2 Å². The number of carboxylic acid groups (broad SMARTS) is 1. The Labute approximate surface area is 114 Å². The minimum Gasteiger partial charge on any atom is -0.545 e. The van der Waals surface area contributed by atoms with Crippen molar-refractivity contribution in [3.63, 3.8) is 0 Å². The molecule has 0 aromatic carbocycles. The number of aromatic carboxylic acids is 1. The number of carbonyl (C=O) groups excluding carboxylic acids is 3. The molecule has 19 heavy (non-hydrogen) atoms. The van der Waals surface area contributed by atoms with Gasteiger partial charge in [-0.2, -0.15) is 10.3 Å². The molecule has 2 rings (SSSR count). The number of carbonyl (C=O) groups is 3. The molecule has 1 aromatic rings. The Hall–Kier alpha value is -2.03. The molecule has 0 saturated carbocycles. The second-order valence-electron chi connectivity index (χ2n) is 3.10. The fourth-order valence-corrected chi connectivity index (χ4v) is 1.20. The molecule has 8 nitrogen and oxygen atoms in total. The van der Waals surface area contributed by atoms with E-state index in [9.17, 15) is 19.5 Å². The number of nitrogens with two attached hydrogens (primary N) is 1. The van der Waals surface area contributed by atoms with Gasteiger partial charge in [0.2, 0.25) is 11.8 Å². The summed E-state index contributed by atoms with van der Waals surface area (Å²) in [6, 6.07) is 2.98. The van der Waals surface area contributed by atoms with Crippen LogP contribution in [0.25, 0.3) is 0 Å². The van der Waals surface area contributed by atoms with E-state index in [0.717, 1.165) is 0 Å². The van der Waals surface area contributed by atoms with Gasteiger partial charge in [-0.3, -0.25) is 20.4 Å². The van der Waals surface area contributed by atoms with Crippen molar-refractivity contribution < 1.29 is 25.3 Å². The second kappa shape index (κ2) is 8.97. The number of hydrogen-bond acceptors (Lipinski definition) is 6. The van der Waals surface area contributed by atoms with Crippen LogP contribution in [0.1, 0.15) is 23.2 Å². The number of amides is 2. The number of pyridine rings is 1. The van der Waals surface area contributed by atoms with Crippen molar-refractivity contribution >= 4 is 29.6 Å². The summed E-state index contributed by atoms with van der Waals surface area (Å²) in [5.74, 6) is 5.22. The minimum atomic E-state index is -1.19. The first kappa shape index (κ1) is 17.0. The first-order chi connectivity index (χ1) is 9.02. The Morgan fingerprint density at radius 1 is 1.37 bits per heavy atom. The lowest BCUT2D eigenvalue weighted by atomic mass is 10.3. The number of halogens is 1. The number of aromatic nitrogens is 1. The highest BCUT2D eigenvalue weighted by Crippen LogP contribution is 2.12. The Bertz CT molecular complexity index is 424. The Balaban J connectivity index is 0.000000303. The Morgan fingerprint density at radius 2 is 1.89 bits per heavy atom. The quantitative estimate of drug-likeness (QED) is 0.260. The molecule has 2 heterocycles. The summed E-state index contributed by atoms with van der Waals surface area (Å²) >= 11 is 5.15. The molecule has 1 aromatic heterocycles. The van der Waals surface area contributed by atoms with E-state index in [1.54, 1.807) is 6.07 Å². The van der Waals surface area contributed by atoms with Gasteiger partial charge in [0.05, 0.1) is 5.97 Å². The van der Waals surface area contributed by atoms with Crippen LogP contribution < -0.4 is 16.8 Å². The number of nitrogens with zero attached hydrogens (tertiary/aromatic N) is 2. The lowest BCUT2D eigenvalue weighted by Gasteiger charge is -1.97. The number of rotatable bonds is 1. The Morgan fingerprint density at radius 3 is 2.11 bits per heavy atom. The molecule has 1 aliphatic heterocycles. The summed E-state index contributed by atoms with van der Waals surface area (Å²) in [5.41, 5.74) is 0.109. The SMILES string of the molecule is N[NH3+].O=C([O-])c1cccnc1.O=C1CCC(=O)N1Cl. The molecule has 0 unspecified atom stereocenters. The van der Waals surface area contributed by atoms with Crippen molar-refractivity contribution in [3.05, 3.63) is 30.1 Å². The summed E-state index contributed by atoms with van der Waals surface area (Å²) in [6.07, 6.45) is 3.28. The fraction of sp³-hybridized carbons (Fsp3) is 0.200. The molecule has 9 heteroatoms. The Kier molecular flexibility index (Phi) is 8.02. The molecule has 104 valence electrons. The molecule has 0 aliphatic carbocycles. The fourth-order valence-electron chi connectivity index (χ4n) is 1.03. The predicted molar refractivity (Wildman–Crippen MR) is 62.6 cm³/mol. The summed E-state index contributed by atoms with van der Waals surface area (Å²) in [7, 11) is 0. The number of carboxylic acids is 1. The van der Waals surface area contributed by atoms with E-state index < -0.39 is 5.97 Å². The van der Waals surface area contributed by atoms with E-state index in [0.29, 0.717) is 4.42 Å². The third-order valence-electron chi connectivity index (χ3n) is 1.89. The highest BCUT2D eigenvalue weighted by molar-refractivity contribution is 6.32. The van der Waals surface area contributed by atoms with Gasteiger partial charge in [-0.05, 0) is 6.07 Å². The van der Waals surface area contributed by atoms with Crippen LogP contribution in [0.3, 0.4) is 0 Å². The maximum Gasteiger partial charge on any atom is 0.244 e. The van der Waals surface area contributed by atoms with Crippen molar-refractivity contribution in [2.45, 2.75) is 12.8 Å². The lowest BCUT2D eigenvalue weighted by molar-refractivity contribution is -0.379. The average Bonchev–Trinajstić information content (AvgIpc) is 2.74. The molecule has 2 amide bonds. The van der Waals surface area contributed by atoms with Gasteiger partial charge >= 0.3 is 0 Å². The topological polar surface area (TPSA) is 144 Å². The lowest BCUT2D eigenvalue weighted by Crippen LogP contribution is -2.59. The molecular formula is C10H13ClN4O4. The zero-order valence-corrected chi connectivity index (χ0v) is 10.7. The van der Waals surface area contributed by atoms with Crippen LogP contribution in [0, 0.1) is 0 Å². The van der Waals surface area contributed by atoms with Crippen LogP contribution >= 0.6 is 11.8 Å². The van der Waals surface area contributed by atoms with Gasteiger partial charge in [-0.25, -0.2) is 0 Å². The largest absolute Gasteiger partial charge is 0.545 e. The van der Waals surface area contributed by atoms with Gasteiger partial charge < -0.3 is 9.90 Å². The third kappa shape index (κ3) is 5.91. The predicted octanol–water partition coefficient (Wildman–Crippen LogP) is -2.16. The molecular weight excluding hydrogens is 276 g/mol. The van der Waals surface area contributed by atoms with E-state index >= 15 is 0 Å². The first-order valence-corrected chi connectivity index (χ1v) is 5.40. The van der Waals surface area contributed by atoms with E-state index in [4.69, 9.17) is 11.8 Å². The highest BCUT2D eigenvalue weighted by Gasteiger charge is 2.26. The second-order valence-corrected chi connectivity index (χ2v) is 3.44. The minimum absolute atomic E-state index is 0.109. The van der Waals surface area contributed by atoms with Crippen molar-refractivity contribution in [1.82, 2.24) is 9.40 Å². The zero-order valence-electron chi connectivity index (χ0n) is 9.91. The maximum absolute atomic E-state index is 10.4. The molecule has 1 aliphatic rings. The van der Waals surface area contributed by atoms with E-state index in [2.05, 4.69) is 16.7 Å². The van der Waals surface area contributed by atoms with Crippen molar-refractivity contribution in [1.29, 1.82) is 0 Å². The maximum atomic E-state index is 10.4. The van der Waals surface area contributed by atoms with Crippen LogP contribution in [-0.4, -0.2) is 27.2 Å². The van der Waals surface area contributed by atoms with Crippen molar-refractivity contribution in [3.8, 4) is 0 Å². The summed E-state index contributed by atoms with van der Waals surface area (Å²) < 4.78 is 0.639. The molecule has 0 bridgehead atoms. The van der Waals surface area contributed by atoms with Crippen molar-refractivity contribution in [2.75, 3.05) is 0 Å². The zero-order chi connectivity index (χ0) is 14.8. The number of quaternary nitrogens is 1. The monoisotopic (exact) mass is 288 g/mol. The van der Waals surface area contributed by atoms with Crippen LogP contribution in [0.4, 0.5) is 0 Å². The van der Waals surface area contributed by atoms with Gasteiger partial charge in [0.25, 0.3) is 0 Å². The van der Waals surface area contributed by atoms with E-state index in [1.165, 1.54) is 18.5 Å². The number of hydrogen-bond donors (Lipinski definition) is 2. The van der Waals surface area contributed by atoms with Crippen LogP contribution in [0.5, 0.6) is 0 Å². The number of imide groups is 1. The molecule has 0 radical (unpaired) electrons. The molecule has 5 N–H and O–H groups in total. The normalized spacial score (nSPS) is 13.1. The van der Waals surface area contributed by atoms with Crippen LogP contribution in [-0.2, 0) is 9.59 Å². The van der Waals surface area contributed by atoms with Crippen molar-refractivity contribution in [2.24, 2.45) is 5.84 Å². The van der Waals surface area contributed by atoms with Gasteiger partial charge in [-0.15, -0.1) is 0 Å². The third-order valence-corrected chi connectivity index (χ3v) is 2.26. The smallest absolute Gasteiger partial charge is 0.244 e. The van der Waals surface area contributed by atoms with Gasteiger partial charge in [0.1, 0.15) is 0 Å². The van der Waals surface area contributed by atoms with Gasteiger partial charge in [0.15, 0.2) is 0 Å². The molecule has 1 saturated heterocycles. The summed E-state index contributed by atoms with van der Waals surface area (Å²) in [4.78, 5) is 34.4. The molecule has 0 atom stereocenters. The molecule has 0 spiro atoms. The first-order valence-electron chi connectivity index (χ1n) is 5.06. The average molecular weight is 289 g/mol. The summed E-state index contributed by atoms with van der Waals surface area (Å²) in [5, 5.41) is 10.0. The standard InChI is InChI=1S/C6H5NO2.C4H4ClNO2.H4N2/c8-6(9)5-2-1-3-7-4-5;5-6-3(7)1-2-4(6)8;1-2/h1-4H,(H,8,9);1-2H2;1-2H2.